The van der Waals surface area contributed by atoms with Crippen molar-refractivity contribution < 1.29 is 0 Å². The molecule has 1 saturated carbocycles. The van der Waals surface area contributed by atoms with Gasteiger partial charge in [0, 0.05) is 0 Å². The van der Waals surface area contributed by atoms with Gasteiger partial charge in [-0.1, -0.05) is 42.8 Å². The van der Waals surface area contributed by atoms with E-state index in [1.54, 1.807) is 11.1 Å². The lowest BCUT2D eigenvalue weighted by Crippen LogP contribution is -2.02. The first kappa shape index (κ1) is 12.2. The number of allylic oxidation sites excluding steroid dienone is 3. The highest BCUT2D eigenvalue weighted by Crippen LogP contribution is 2.33. The smallest absolute Gasteiger partial charge is 0.0225 e. The summed E-state index contributed by atoms with van der Waals surface area (Å²) < 4.78 is 0. The molecule has 17 heavy (non-hydrogen) atoms. The Morgan fingerprint density at radius 1 is 1.24 bits per heavy atom. The largest absolute Gasteiger partial charge is 0.0670 e. The Labute approximate surface area is 105 Å². The zero-order valence-electron chi connectivity index (χ0n) is 11.2. The second-order valence-electron chi connectivity index (χ2n) is 4.96. The number of hydrogen-bond acceptors (Lipinski definition) is 0. The standard InChI is InChI=1S/C17H22/c1-4-15(14(3)16-10-7-11-16)12-17-9-6-5-8-13(17)2/h5-6,8-9,12H,4,7,10-11H2,1-3H3/b15-12+. The van der Waals surface area contributed by atoms with Crippen molar-refractivity contribution in [2.45, 2.75) is 46.5 Å². The molecule has 2 rings (SSSR count). The zero-order chi connectivity index (χ0) is 12.3. The summed E-state index contributed by atoms with van der Waals surface area (Å²) in [5, 5.41) is 0. The van der Waals surface area contributed by atoms with Gasteiger partial charge in [0.2, 0.25) is 0 Å². The predicted molar refractivity (Wildman–Crippen MR) is 76.0 cm³/mol. The van der Waals surface area contributed by atoms with E-state index in [9.17, 15) is 0 Å². The van der Waals surface area contributed by atoms with Crippen LogP contribution in [0.5, 0.6) is 0 Å². The predicted octanol–water partition coefficient (Wildman–Crippen LogP) is 5.29. The van der Waals surface area contributed by atoms with Gasteiger partial charge in [-0.25, -0.2) is 0 Å². The van der Waals surface area contributed by atoms with Crippen LogP contribution < -0.4 is 0 Å². The van der Waals surface area contributed by atoms with Crippen LogP contribution >= 0.6 is 0 Å². The Kier molecular flexibility index (Phi) is 3.83. The lowest BCUT2D eigenvalue weighted by atomic mass is 9.84. The molecule has 1 aliphatic rings. The van der Waals surface area contributed by atoms with E-state index in [1.807, 2.05) is 0 Å². The first-order chi connectivity index (χ1) is 8.22. The van der Waals surface area contributed by atoms with Crippen molar-refractivity contribution in [2.75, 3.05) is 0 Å². The molecule has 90 valence electrons. The van der Waals surface area contributed by atoms with E-state index >= 15 is 0 Å². The minimum absolute atomic E-state index is 1.13. The van der Waals surface area contributed by atoms with Gasteiger partial charge in [0.1, 0.15) is 0 Å². The van der Waals surface area contributed by atoms with Gasteiger partial charge < -0.3 is 0 Å². The molecule has 0 nitrogen and oxygen atoms in total. The van der Waals surface area contributed by atoms with Crippen LogP contribution in [0.4, 0.5) is 0 Å². The minimum Gasteiger partial charge on any atom is -0.0670 e. The molecular weight excluding hydrogens is 204 g/mol. The van der Waals surface area contributed by atoms with Crippen LogP contribution in [-0.2, 0) is 0 Å². The Bertz CT molecular complexity index is 455. The topological polar surface area (TPSA) is 0 Å². The van der Waals surface area contributed by atoms with Gasteiger partial charge in [-0.15, -0.1) is 0 Å². The third-order valence-corrected chi connectivity index (χ3v) is 3.87. The summed E-state index contributed by atoms with van der Waals surface area (Å²) in [6.45, 7) is 6.74. The van der Waals surface area contributed by atoms with E-state index in [4.69, 9.17) is 0 Å². The molecule has 0 bridgehead atoms. The van der Waals surface area contributed by atoms with Gasteiger partial charge in [-0.2, -0.15) is 0 Å². The Hall–Kier alpha value is -1.30. The summed E-state index contributed by atoms with van der Waals surface area (Å²) in [4.78, 5) is 0. The van der Waals surface area contributed by atoms with Crippen molar-refractivity contribution in [3.05, 3.63) is 52.1 Å². The number of rotatable bonds is 3. The monoisotopic (exact) mass is 226 g/mol. The van der Waals surface area contributed by atoms with Crippen LogP contribution in [0.3, 0.4) is 0 Å². The van der Waals surface area contributed by atoms with Gasteiger partial charge in [0.15, 0.2) is 0 Å². The molecule has 0 N–H and O–H groups in total. The van der Waals surface area contributed by atoms with Crippen molar-refractivity contribution in [3.8, 4) is 0 Å². The Balaban J connectivity index is 2.33. The minimum atomic E-state index is 1.13. The fourth-order valence-electron chi connectivity index (χ4n) is 2.37. The summed E-state index contributed by atoms with van der Waals surface area (Å²) >= 11 is 0. The van der Waals surface area contributed by atoms with E-state index in [-0.39, 0.29) is 0 Å². The van der Waals surface area contributed by atoms with E-state index in [1.165, 1.54) is 36.0 Å². The maximum Gasteiger partial charge on any atom is -0.0225 e. The molecule has 0 aromatic heterocycles. The summed E-state index contributed by atoms with van der Waals surface area (Å²) in [6, 6.07) is 8.63. The average molecular weight is 226 g/mol. The molecule has 0 atom stereocenters. The van der Waals surface area contributed by atoms with Crippen LogP contribution in [0.25, 0.3) is 6.08 Å². The molecule has 1 aromatic rings. The van der Waals surface area contributed by atoms with E-state index < -0.39 is 0 Å². The third kappa shape index (κ3) is 2.69. The zero-order valence-corrected chi connectivity index (χ0v) is 11.2. The van der Waals surface area contributed by atoms with Gasteiger partial charge >= 0.3 is 0 Å². The van der Waals surface area contributed by atoms with Gasteiger partial charge in [0.05, 0.1) is 0 Å². The lowest BCUT2D eigenvalue weighted by molar-refractivity contribution is 0.651. The van der Waals surface area contributed by atoms with Gasteiger partial charge in [0.25, 0.3) is 0 Å². The first-order valence-electron chi connectivity index (χ1n) is 6.67. The summed E-state index contributed by atoms with van der Waals surface area (Å²) in [6.07, 6.45) is 7.52. The quantitative estimate of drug-likeness (QED) is 0.657. The molecule has 0 saturated heterocycles. The fourth-order valence-corrected chi connectivity index (χ4v) is 2.37. The van der Waals surface area contributed by atoms with Crippen molar-refractivity contribution in [2.24, 2.45) is 0 Å². The van der Waals surface area contributed by atoms with Gasteiger partial charge in [-0.3, -0.25) is 0 Å². The molecule has 0 heteroatoms. The van der Waals surface area contributed by atoms with Crippen molar-refractivity contribution in [3.63, 3.8) is 0 Å². The highest BCUT2D eigenvalue weighted by molar-refractivity contribution is 5.61. The number of hydrogen-bond donors (Lipinski definition) is 0. The lowest BCUT2D eigenvalue weighted by Gasteiger charge is -2.21. The normalized spacial score (nSPS) is 15.7. The molecular formula is C17H22. The van der Waals surface area contributed by atoms with Crippen LogP contribution in [-0.4, -0.2) is 0 Å². The fraction of sp³-hybridized carbons (Fsp3) is 0.412. The number of benzene rings is 1. The summed E-state index contributed by atoms with van der Waals surface area (Å²) in [5.74, 6) is 0. The van der Waals surface area contributed by atoms with Crippen molar-refractivity contribution in [1.29, 1.82) is 0 Å². The highest BCUT2D eigenvalue weighted by atomic mass is 14.2. The first-order valence-corrected chi connectivity index (χ1v) is 6.67. The molecule has 1 fully saturated rings. The highest BCUT2D eigenvalue weighted by Gasteiger charge is 2.13. The number of aryl methyl sites for hydroxylation is 1. The second kappa shape index (κ2) is 5.35. The molecule has 0 heterocycles. The van der Waals surface area contributed by atoms with Crippen molar-refractivity contribution >= 4 is 6.08 Å². The van der Waals surface area contributed by atoms with Gasteiger partial charge in [-0.05, 0) is 61.8 Å². The Morgan fingerprint density at radius 2 is 1.94 bits per heavy atom. The van der Waals surface area contributed by atoms with E-state index in [0.29, 0.717) is 0 Å². The molecule has 0 aliphatic heterocycles. The van der Waals surface area contributed by atoms with E-state index in [0.717, 1.165) is 6.42 Å². The summed E-state index contributed by atoms with van der Waals surface area (Å²) in [7, 11) is 0. The third-order valence-electron chi connectivity index (χ3n) is 3.87. The average Bonchev–Trinajstić information content (AvgIpc) is 2.25. The summed E-state index contributed by atoms with van der Waals surface area (Å²) in [5.41, 5.74) is 7.45. The molecule has 1 aromatic carbocycles. The molecule has 0 spiro atoms. The van der Waals surface area contributed by atoms with Crippen LogP contribution in [0.15, 0.2) is 41.0 Å². The maximum absolute atomic E-state index is 2.37. The van der Waals surface area contributed by atoms with Crippen LogP contribution in [0.2, 0.25) is 0 Å². The van der Waals surface area contributed by atoms with Crippen molar-refractivity contribution in [1.82, 2.24) is 0 Å². The van der Waals surface area contributed by atoms with Crippen LogP contribution in [0, 0.1) is 6.92 Å². The molecule has 1 aliphatic carbocycles. The maximum atomic E-state index is 2.37. The van der Waals surface area contributed by atoms with Crippen LogP contribution in [0.1, 0.15) is 50.7 Å². The SMILES string of the molecule is CC/C(=C\c1ccccc1C)C(C)=C1CCC1. The molecule has 0 unspecified atom stereocenters. The van der Waals surface area contributed by atoms with E-state index in [2.05, 4.69) is 51.1 Å². The second-order valence-corrected chi connectivity index (χ2v) is 4.96. The Morgan fingerprint density at radius 3 is 2.47 bits per heavy atom. The molecule has 0 radical (unpaired) electrons. The molecule has 0 amide bonds.